The van der Waals surface area contributed by atoms with E-state index in [4.69, 9.17) is 0 Å². The third-order valence-electron chi connectivity index (χ3n) is 6.55. The van der Waals surface area contributed by atoms with E-state index >= 15 is 0 Å². The maximum atomic E-state index is 13.3. The Kier molecular flexibility index (Phi) is 7.73. The Morgan fingerprint density at radius 3 is 2.61 bits per heavy atom. The molecule has 1 amide bonds. The van der Waals surface area contributed by atoms with Gasteiger partial charge in [0.05, 0.1) is 4.83 Å². The second kappa shape index (κ2) is 10.0. The molecule has 1 aliphatic heterocycles. The fourth-order valence-corrected chi connectivity index (χ4v) is 5.02. The average molecular weight is 448 g/mol. The van der Waals surface area contributed by atoms with Gasteiger partial charge in [0, 0.05) is 23.7 Å². The number of carbonyl (C=O) groups excluding carboxylic acids is 2. The molecule has 0 aromatic heterocycles. The van der Waals surface area contributed by atoms with Crippen molar-refractivity contribution < 1.29 is 9.59 Å². The smallest absolute Gasteiger partial charge is 0.230 e. The molecule has 4 heteroatoms. The quantitative estimate of drug-likeness (QED) is 0.362. The van der Waals surface area contributed by atoms with E-state index in [1.165, 1.54) is 32.1 Å². The highest BCUT2D eigenvalue weighted by atomic mass is 79.9. The van der Waals surface area contributed by atoms with Crippen molar-refractivity contribution in [3.63, 3.8) is 0 Å². The van der Waals surface area contributed by atoms with Crippen LogP contribution in [0, 0.1) is 11.8 Å². The molecule has 154 valence electrons. The summed E-state index contributed by atoms with van der Waals surface area (Å²) in [4.78, 5) is 27.6. The molecule has 1 saturated carbocycles. The number of anilines is 1. The van der Waals surface area contributed by atoms with Crippen LogP contribution in [0.5, 0.6) is 0 Å². The van der Waals surface area contributed by atoms with Gasteiger partial charge in [-0.25, -0.2) is 0 Å². The highest BCUT2D eigenvalue weighted by molar-refractivity contribution is 9.10. The summed E-state index contributed by atoms with van der Waals surface area (Å²) in [7, 11) is 0. The van der Waals surface area contributed by atoms with Crippen molar-refractivity contribution in [2.45, 2.75) is 82.9 Å². The second-order valence-electron chi connectivity index (χ2n) is 8.54. The first-order valence-corrected chi connectivity index (χ1v) is 12.1. The van der Waals surface area contributed by atoms with Gasteiger partial charge >= 0.3 is 0 Å². The number of benzene rings is 1. The van der Waals surface area contributed by atoms with E-state index < -0.39 is 0 Å². The minimum atomic E-state index is -0.130. The summed E-state index contributed by atoms with van der Waals surface area (Å²) >= 11 is 3.47. The van der Waals surface area contributed by atoms with Crippen molar-refractivity contribution in [2.75, 3.05) is 11.4 Å². The summed E-state index contributed by atoms with van der Waals surface area (Å²) in [6.45, 7) is 5.07. The van der Waals surface area contributed by atoms with E-state index in [0.717, 1.165) is 61.4 Å². The molecule has 0 saturated heterocycles. The summed E-state index contributed by atoms with van der Waals surface area (Å²) < 4.78 is 0. The molecule has 0 N–H and O–H groups in total. The number of ketones is 1. The largest absolute Gasteiger partial charge is 0.312 e. The van der Waals surface area contributed by atoms with Gasteiger partial charge in [0.15, 0.2) is 5.78 Å². The number of unbranched alkanes of at least 4 members (excludes halogenated alkanes) is 1. The van der Waals surface area contributed by atoms with Gasteiger partial charge < -0.3 is 4.90 Å². The number of Topliss-reactive ketones (excluding diaryl/α,β-unsaturated/α-hetero) is 1. The van der Waals surface area contributed by atoms with Gasteiger partial charge in [0.2, 0.25) is 5.91 Å². The monoisotopic (exact) mass is 447 g/mol. The molecule has 1 atom stereocenters. The summed E-state index contributed by atoms with van der Waals surface area (Å²) in [6, 6.07) is 5.92. The SMILES string of the molecule is CCCCC1CCC(C(=O)N2CCCc3cc(C(=O)C(Br)CC)ccc32)CC1. The molecule has 0 spiro atoms. The lowest BCUT2D eigenvalue weighted by Gasteiger charge is -2.35. The maximum absolute atomic E-state index is 13.3. The van der Waals surface area contributed by atoms with E-state index in [9.17, 15) is 9.59 Å². The van der Waals surface area contributed by atoms with Crippen LogP contribution in [0.15, 0.2) is 18.2 Å². The van der Waals surface area contributed by atoms with Gasteiger partial charge in [-0.1, -0.05) is 49.0 Å². The van der Waals surface area contributed by atoms with Gasteiger partial charge in [-0.05, 0) is 74.6 Å². The predicted molar refractivity (Wildman–Crippen MR) is 119 cm³/mol. The zero-order valence-electron chi connectivity index (χ0n) is 17.4. The Balaban J connectivity index is 1.68. The first-order valence-electron chi connectivity index (χ1n) is 11.2. The average Bonchev–Trinajstić information content (AvgIpc) is 2.75. The molecule has 3 rings (SSSR count). The Bertz CT molecular complexity index is 694. The number of carbonyl (C=O) groups is 2. The van der Waals surface area contributed by atoms with Crippen LogP contribution < -0.4 is 4.90 Å². The molecular formula is C24H34BrNO2. The lowest BCUT2D eigenvalue weighted by atomic mass is 9.79. The number of hydrogen-bond donors (Lipinski definition) is 0. The van der Waals surface area contributed by atoms with Gasteiger partial charge in [0.1, 0.15) is 0 Å². The number of fused-ring (bicyclic) bond motifs is 1. The number of nitrogens with zero attached hydrogens (tertiary/aromatic N) is 1. The minimum absolute atomic E-state index is 0.130. The number of aryl methyl sites for hydroxylation is 1. The van der Waals surface area contributed by atoms with Gasteiger partial charge in [-0.15, -0.1) is 0 Å². The Morgan fingerprint density at radius 2 is 1.93 bits per heavy atom. The van der Waals surface area contributed by atoms with Crippen LogP contribution in [0.25, 0.3) is 0 Å². The van der Waals surface area contributed by atoms with E-state index in [1.54, 1.807) is 0 Å². The number of alkyl halides is 1. The lowest BCUT2D eigenvalue weighted by molar-refractivity contribution is -0.123. The first kappa shape index (κ1) is 21.5. The predicted octanol–water partition coefficient (Wildman–Crippen LogP) is 6.32. The van der Waals surface area contributed by atoms with Crippen LogP contribution in [-0.4, -0.2) is 23.1 Å². The van der Waals surface area contributed by atoms with Gasteiger partial charge in [-0.2, -0.15) is 0 Å². The van der Waals surface area contributed by atoms with Crippen molar-refractivity contribution in [3.8, 4) is 0 Å². The van der Waals surface area contributed by atoms with Gasteiger partial charge in [0.25, 0.3) is 0 Å². The molecule has 0 radical (unpaired) electrons. The fourth-order valence-electron chi connectivity index (χ4n) is 4.76. The fraction of sp³-hybridized carbons (Fsp3) is 0.667. The molecule has 1 unspecified atom stereocenters. The molecule has 2 aliphatic rings. The van der Waals surface area contributed by atoms with Crippen LogP contribution >= 0.6 is 15.9 Å². The van der Waals surface area contributed by atoms with E-state index in [0.29, 0.717) is 5.91 Å². The zero-order valence-corrected chi connectivity index (χ0v) is 19.0. The molecule has 1 aromatic carbocycles. The van der Waals surface area contributed by atoms with Crippen molar-refractivity contribution >= 4 is 33.3 Å². The van der Waals surface area contributed by atoms with E-state index in [1.807, 2.05) is 30.0 Å². The second-order valence-corrected chi connectivity index (χ2v) is 9.64. The summed E-state index contributed by atoms with van der Waals surface area (Å²) in [5.74, 6) is 1.44. The Hall–Kier alpha value is -1.16. The van der Waals surface area contributed by atoms with E-state index in [2.05, 4.69) is 22.9 Å². The Labute approximate surface area is 178 Å². The highest BCUT2D eigenvalue weighted by Gasteiger charge is 2.32. The van der Waals surface area contributed by atoms with Crippen molar-refractivity contribution in [2.24, 2.45) is 11.8 Å². The molecule has 1 fully saturated rings. The summed E-state index contributed by atoms with van der Waals surface area (Å²) in [5.41, 5.74) is 2.94. The maximum Gasteiger partial charge on any atom is 0.230 e. The first-order chi connectivity index (χ1) is 13.5. The molecular weight excluding hydrogens is 414 g/mol. The third-order valence-corrected chi connectivity index (χ3v) is 7.62. The standard InChI is InChI=1S/C24H34BrNO2/c1-3-5-7-17-9-11-18(12-10-17)24(28)26-15-6-8-19-16-20(13-14-22(19)26)23(27)21(25)4-2/h13-14,16-18,21H,3-12,15H2,1-2H3. The van der Waals surface area contributed by atoms with Crippen LogP contribution in [0.4, 0.5) is 5.69 Å². The molecule has 1 aromatic rings. The van der Waals surface area contributed by atoms with Crippen molar-refractivity contribution in [1.82, 2.24) is 0 Å². The normalized spacial score (nSPS) is 23.2. The lowest BCUT2D eigenvalue weighted by Crippen LogP contribution is -2.41. The summed E-state index contributed by atoms with van der Waals surface area (Å²) in [6.07, 6.45) is 11.1. The zero-order chi connectivity index (χ0) is 20.1. The Morgan fingerprint density at radius 1 is 1.18 bits per heavy atom. The van der Waals surface area contributed by atoms with Crippen LogP contribution in [0.1, 0.15) is 87.6 Å². The van der Waals surface area contributed by atoms with Crippen LogP contribution in [-0.2, 0) is 11.2 Å². The van der Waals surface area contributed by atoms with Crippen molar-refractivity contribution in [3.05, 3.63) is 29.3 Å². The molecule has 3 nitrogen and oxygen atoms in total. The number of amides is 1. The topological polar surface area (TPSA) is 37.4 Å². The third kappa shape index (κ3) is 4.87. The van der Waals surface area contributed by atoms with Gasteiger partial charge in [-0.3, -0.25) is 9.59 Å². The van der Waals surface area contributed by atoms with E-state index in [-0.39, 0.29) is 16.5 Å². The number of hydrogen-bond acceptors (Lipinski definition) is 2. The number of halogens is 1. The van der Waals surface area contributed by atoms with Crippen LogP contribution in [0.2, 0.25) is 0 Å². The highest BCUT2D eigenvalue weighted by Crippen LogP contribution is 2.36. The molecule has 0 bridgehead atoms. The number of rotatable bonds is 7. The molecule has 28 heavy (non-hydrogen) atoms. The molecule has 1 heterocycles. The van der Waals surface area contributed by atoms with Crippen LogP contribution in [0.3, 0.4) is 0 Å². The minimum Gasteiger partial charge on any atom is -0.312 e. The summed E-state index contributed by atoms with van der Waals surface area (Å²) in [5, 5.41) is 0. The van der Waals surface area contributed by atoms with Crippen molar-refractivity contribution in [1.29, 1.82) is 0 Å². The molecule has 1 aliphatic carbocycles.